The third kappa shape index (κ3) is 3.76. The normalized spacial score (nSPS) is 16.8. The fourth-order valence-electron chi connectivity index (χ4n) is 3.48. The topological polar surface area (TPSA) is 79.7 Å². The first-order valence-corrected chi connectivity index (χ1v) is 9.23. The average molecular weight is 380 g/mol. The average Bonchev–Trinajstić information content (AvgIpc) is 2.93. The number of carbonyl (C=O) groups is 2. The fourth-order valence-corrected chi connectivity index (χ4v) is 3.48. The fraction of sp³-hybridized carbons (Fsp3) is 0.318. The molecule has 2 aromatic rings. The van der Waals surface area contributed by atoms with Gasteiger partial charge in [-0.2, -0.15) is 0 Å². The Labute approximate surface area is 164 Å². The molecule has 2 heterocycles. The van der Waals surface area contributed by atoms with Crippen LogP contribution < -0.4 is 4.74 Å². The number of rotatable bonds is 7. The van der Waals surface area contributed by atoms with E-state index >= 15 is 0 Å². The molecule has 1 unspecified atom stereocenters. The minimum absolute atomic E-state index is 0.112. The molecule has 0 saturated carbocycles. The van der Waals surface area contributed by atoms with Gasteiger partial charge in [-0.1, -0.05) is 38.1 Å². The van der Waals surface area contributed by atoms with Gasteiger partial charge in [-0.05, 0) is 23.6 Å². The van der Waals surface area contributed by atoms with Gasteiger partial charge < -0.3 is 14.7 Å². The van der Waals surface area contributed by atoms with Crippen molar-refractivity contribution in [3.63, 3.8) is 0 Å². The molecule has 1 amide bonds. The zero-order valence-electron chi connectivity index (χ0n) is 16.3. The maximum absolute atomic E-state index is 12.9. The maximum atomic E-state index is 12.9. The standard InChI is InChI=1S/C22H24N2O4/c1-14(2)11-17(25)19-20(15-8-6-10-23-12-15)24(22(27)21(19)26)13-16-7-4-5-9-18(16)28-3/h4-10,12,14,20,26H,11,13H2,1-3H3. The van der Waals surface area contributed by atoms with Crippen molar-refractivity contribution in [2.75, 3.05) is 7.11 Å². The molecular weight excluding hydrogens is 356 g/mol. The van der Waals surface area contributed by atoms with Gasteiger partial charge >= 0.3 is 0 Å². The van der Waals surface area contributed by atoms with Gasteiger partial charge in [0.25, 0.3) is 5.91 Å². The Morgan fingerprint density at radius 3 is 2.64 bits per heavy atom. The summed E-state index contributed by atoms with van der Waals surface area (Å²) in [5.41, 5.74) is 1.61. The van der Waals surface area contributed by atoms with Crippen LogP contribution in [-0.2, 0) is 16.1 Å². The summed E-state index contributed by atoms with van der Waals surface area (Å²) in [5, 5.41) is 10.6. The second-order valence-electron chi connectivity index (χ2n) is 7.22. The van der Waals surface area contributed by atoms with Gasteiger partial charge in [-0.3, -0.25) is 14.6 Å². The predicted molar refractivity (Wildman–Crippen MR) is 105 cm³/mol. The molecule has 1 aliphatic rings. The van der Waals surface area contributed by atoms with E-state index in [9.17, 15) is 14.7 Å². The van der Waals surface area contributed by atoms with Crippen molar-refractivity contribution in [1.29, 1.82) is 0 Å². The number of para-hydroxylation sites is 1. The van der Waals surface area contributed by atoms with E-state index in [0.29, 0.717) is 11.3 Å². The molecule has 0 radical (unpaired) electrons. The number of pyridine rings is 1. The molecule has 0 fully saturated rings. The molecule has 28 heavy (non-hydrogen) atoms. The van der Waals surface area contributed by atoms with Crippen LogP contribution >= 0.6 is 0 Å². The second kappa shape index (κ2) is 8.25. The summed E-state index contributed by atoms with van der Waals surface area (Å²) in [5.74, 6) is -0.513. The third-order valence-electron chi connectivity index (χ3n) is 4.73. The van der Waals surface area contributed by atoms with Crippen molar-refractivity contribution < 1.29 is 19.4 Å². The zero-order valence-corrected chi connectivity index (χ0v) is 16.3. The van der Waals surface area contributed by atoms with Crippen molar-refractivity contribution in [1.82, 2.24) is 9.88 Å². The van der Waals surface area contributed by atoms with E-state index in [-0.39, 0.29) is 30.2 Å². The number of ether oxygens (including phenoxy) is 1. The molecule has 1 atom stereocenters. The summed E-state index contributed by atoms with van der Waals surface area (Å²) in [6.45, 7) is 4.06. The summed E-state index contributed by atoms with van der Waals surface area (Å²) in [7, 11) is 1.57. The SMILES string of the molecule is COc1ccccc1CN1C(=O)C(O)=C(C(=O)CC(C)C)C1c1cccnc1. The van der Waals surface area contributed by atoms with Gasteiger partial charge in [-0.25, -0.2) is 0 Å². The first-order chi connectivity index (χ1) is 13.4. The third-order valence-corrected chi connectivity index (χ3v) is 4.73. The van der Waals surface area contributed by atoms with Crippen LogP contribution in [-0.4, -0.2) is 33.8 Å². The highest BCUT2D eigenvalue weighted by atomic mass is 16.5. The number of hydrogen-bond donors (Lipinski definition) is 1. The lowest BCUT2D eigenvalue weighted by molar-refractivity contribution is -0.130. The number of benzene rings is 1. The monoisotopic (exact) mass is 380 g/mol. The molecule has 0 spiro atoms. The van der Waals surface area contributed by atoms with E-state index in [1.54, 1.807) is 31.6 Å². The Bertz CT molecular complexity index is 906. The molecule has 0 aliphatic carbocycles. The molecule has 6 heteroatoms. The summed E-state index contributed by atoms with van der Waals surface area (Å²) >= 11 is 0. The quantitative estimate of drug-likeness (QED) is 0.794. The van der Waals surface area contributed by atoms with E-state index in [2.05, 4.69) is 4.98 Å². The van der Waals surface area contributed by atoms with E-state index in [4.69, 9.17) is 4.74 Å². The van der Waals surface area contributed by atoms with E-state index < -0.39 is 17.7 Å². The lowest BCUT2D eigenvalue weighted by Crippen LogP contribution is -2.31. The van der Waals surface area contributed by atoms with Gasteiger partial charge in [0.1, 0.15) is 5.75 Å². The molecule has 0 bridgehead atoms. The van der Waals surface area contributed by atoms with Crippen LogP contribution in [0.1, 0.15) is 37.4 Å². The molecule has 146 valence electrons. The minimum Gasteiger partial charge on any atom is -0.503 e. The number of Topliss-reactive ketones (excluding diaryl/α,β-unsaturated/α-hetero) is 1. The molecule has 1 aromatic heterocycles. The Hall–Kier alpha value is -3.15. The van der Waals surface area contributed by atoms with Crippen molar-refractivity contribution in [3.05, 3.63) is 71.3 Å². The van der Waals surface area contributed by atoms with Crippen LogP contribution in [0.15, 0.2) is 60.1 Å². The summed E-state index contributed by atoms with van der Waals surface area (Å²) < 4.78 is 5.39. The van der Waals surface area contributed by atoms with Gasteiger partial charge in [0.15, 0.2) is 11.5 Å². The Kier molecular flexibility index (Phi) is 5.78. The largest absolute Gasteiger partial charge is 0.503 e. The van der Waals surface area contributed by atoms with Crippen LogP contribution in [0, 0.1) is 5.92 Å². The number of amides is 1. The number of hydrogen-bond acceptors (Lipinski definition) is 5. The predicted octanol–water partition coefficient (Wildman–Crippen LogP) is 3.60. The van der Waals surface area contributed by atoms with Crippen molar-refractivity contribution in [2.24, 2.45) is 5.92 Å². The highest BCUT2D eigenvalue weighted by Gasteiger charge is 2.43. The highest BCUT2D eigenvalue weighted by Crippen LogP contribution is 2.40. The van der Waals surface area contributed by atoms with E-state index in [1.807, 2.05) is 38.1 Å². The number of carbonyl (C=O) groups excluding carboxylic acids is 2. The van der Waals surface area contributed by atoms with Crippen LogP contribution in [0.4, 0.5) is 0 Å². The maximum Gasteiger partial charge on any atom is 0.290 e. The first kappa shape index (κ1) is 19.6. The van der Waals surface area contributed by atoms with Crippen molar-refractivity contribution in [3.8, 4) is 5.75 Å². The van der Waals surface area contributed by atoms with Crippen molar-refractivity contribution in [2.45, 2.75) is 32.9 Å². The number of aromatic nitrogens is 1. The summed E-state index contributed by atoms with van der Waals surface area (Å²) in [6.07, 6.45) is 3.50. The molecule has 1 N–H and O–H groups in total. The Morgan fingerprint density at radius 2 is 2.00 bits per heavy atom. The smallest absolute Gasteiger partial charge is 0.290 e. The van der Waals surface area contributed by atoms with Crippen LogP contribution in [0.25, 0.3) is 0 Å². The highest BCUT2D eigenvalue weighted by molar-refractivity contribution is 6.09. The first-order valence-electron chi connectivity index (χ1n) is 9.23. The lowest BCUT2D eigenvalue weighted by Gasteiger charge is -2.27. The zero-order chi connectivity index (χ0) is 20.3. The summed E-state index contributed by atoms with van der Waals surface area (Å²) in [4.78, 5) is 31.4. The number of aliphatic hydroxyl groups is 1. The lowest BCUT2D eigenvalue weighted by atomic mass is 9.93. The minimum atomic E-state index is -0.683. The number of nitrogens with zero attached hydrogens (tertiary/aromatic N) is 2. The molecule has 0 saturated heterocycles. The van der Waals surface area contributed by atoms with Crippen molar-refractivity contribution >= 4 is 11.7 Å². The van der Waals surface area contributed by atoms with Crippen LogP contribution in [0.5, 0.6) is 5.75 Å². The molecule has 1 aliphatic heterocycles. The Morgan fingerprint density at radius 1 is 1.25 bits per heavy atom. The number of aliphatic hydroxyl groups excluding tert-OH is 1. The van der Waals surface area contributed by atoms with Crippen LogP contribution in [0.2, 0.25) is 0 Å². The molecular formula is C22H24N2O4. The van der Waals surface area contributed by atoms with Gasteiger partial charge in [0, 0.05) is 24.4 Å². The molecule has 1 aromatic carbocycles. The number of ketones is 1. The van der Waals surface area contributed by atoms with E-state index in [0.717, 1.165) is 5.56 Å². The number of methoxy groups -OCH3 is 1. The van der Waals surface area contributed by atoms with Gasteiger partial charge in [-0.15, -0.1) is 0 Å². The van der Waals surface area contributed by atoms with Gasteiger partial charge in [0.2, 0.25) is 0 Å². The second-order valence-corrected chi connectivity index (χ2v) is 7.22. The summed E-state index contributed by atoms with van der Waals surface area (Å²) in [6, 6.07) is 10.3. The Balaban J connectivity index is 2.04. The molecule has 3 rings (SSSR count). The molecule has 6 nitrogen and oxygen atoms in total. The van der Waals surface area contributed by atoms with Crippen LogP contribution in [0.3, 0.4) is 0 Å². The van der Waals surface area contributed by atoms with Gasteiger partial charge in [0.05, 0.1) is 25.3 Å². The van der Waals surface area contributed by atoms with E-state index in [1.165, 1.54) is 4.90 Å².